The van der Waals surface area contributed by atoms with Gasteiger partial charge in [-0.2, -0.15) is 0 Å². The van der Waals surface area contributed by atoms with Crippen LogP contribution in [0.4, 0.5) is 5.69 Å². The minimum atomic E-state index is -0.287. The van der Waals surface area contributed by atoms with E-state index in [0.717, 1.165) is 16.2 Å². The van der Waals surface area contributed by atoms with E-state index in [1.807, 2.05) is 30.3 Å². The smallest absolute Gasteiger partial charge is 0.260 e. The van der Waals surface area contributed by atoms with E-state index >= 15 is 0 Å². The van der Waals surface area contributed by atoms with Crippen molar-refractivity contribution in [2.45, 2.75) is 0 Å². The number of hydrogen-bond acceptors (Lipinski definition) is 4. The minimum absolute atomic E-state index is 0.135. The van der Waals surface area contributed by atoms with Crippen LogP contribution in [0.25, 0.3) is 21.5 Å². The van der Waals surface area contributed by atoms with E-state index in [0.29, 0.717) is 22.4 Å². The van der Waals surface area contributed by atoms with Crippen molar-refractivity contribution in [3.05, 3.63) is 35.9 Å². The first-order valence-electron chi connectivity index (χ1n) is 6.81. The molecule has 1 aliphatic rings. The van der Waals surface area contributed by atoms with Gasteiger partial charge >= 0.3 is 0 Å². The molecule has 22 heavy (non-hydrogen) atoms. The molecule has 1 aliphatic heterocycles. The lowest BCUT2D eigenvalue weighted by atomic mass is 9.96. The van der Waals surface area contributed by atoms with Gasteiger partial charge in [0, 0.05) is 10.8 Å². The first kappa shape index (κ1) is 12.8. The predicted octanol–water partition coefficient (Wildman–Crippen LogP) is 3.28. The van der Waals surface area contributed by atoms with Gasteiger partial charge in [-0.05, 0) is 16.8 Å². The summed E-state index contributed by atoms with van der Waals surface area (Å²) in [6.07, 6.45) is 0. The molecule has 1 amide bonds. The van der Waals surface area contributed by atoms with Crippen molar-refractivity contribution < 1.29 is 19.4 Å². The number of phenolic OH excluding ortho intramolecular Hbond substituents is 1. The number of carbonyl (C=O) groups excluding carboxylic acids is 1. The highest BCUT2D eigenvalue weighted by atomic mass is 16.5. The number of hydrogen-bond donors (Lipinski definition) is 2. The van der Waals surface area contributed by atoms with Crippen LogP contribution in [-0.2, 0) is 0 Å². The maximum atomic E-state index is 12.3. The zero-order valence-corrected chi connectivity index (χ0v) is 12.1. The maximum Gasteiger partial charge on any atom is 0.260 e. The molecule has 110 valence electrons. The summed E-state index contributed by atoms with van der Waals surface area (Å²) in [5, 5.41) is 16.6. The molecule has 0 spiro atoms. The van der Waals surface area contributed by atoms with Crippen LogP contribution in [0.1, 0.15) is 10.4 Å². The van der Waals surface area contributed by atoms with Gasteiger partial charge in [-0.15, -0.1) is 0 Å². The van der Waals surface area contributed by atoms with Crippen LogP contribution in [0.2, 0.25) is 0 Å². The van der Waals surface area contributed by atoms with Crippen LogP contribution in [0.5, 0.6) is 17.2 Å². The third-order valence-corrected chi connectivity index (χ3v) is 4.07. The first-order chi connectivity index (χ1) is 10.7. The summed E-state index contributed by atoms with van der Waals surface area (Å²) in [5.74, 6) is -0.00186. The van der Waals surface area contributed by atoms with Crippen LogP contribution >= 0.6 is 0 Å². The van der Waals surface area contributed by atoms with Gasteiger partial charge in [0.25, 0.3) is 5.91 Å². The Bertz CT molecular complexity index is 962. The van der Waals surface area contributed by atoms with E-state index in [2.05, 4.69) is 5.32 Å². The van der Waals surface area contributed by atoms with Gasteiger partial charge in [0.05, 0.1) is 25.5 Å². The molecule has 0 bridgehead atoms. The second-order valence-corrected chi connectivity index (χ2v) is 5.14. The number of phenols is 1. The SMILES string of the molecule is COc1c(O)c(OC)c2c3c(cc4ccccc42)NC(=O)c13. The second kappa shape index (κ2) is 4.27. The van der Waals surface area contributed by atoms with Gasteiger partial charge in [-0.25, -0.2) is 0 Å². The molecule has 3 aromatic carbocycles. The van der Waals surface area contributed by atoms with E-state index in [4.69, 9.17) is 9.47 Å². The summed E-state index contributed by atoms with van der Waals surface area (Å²) >= 11 is 0. The highest BCUT2D eigenvalue weighted by Crippen LogP contribution is 2.52. The average molecular weight is 295 g/mol. The number of rotatable bonds is 2. The summed E-state index contributed by atoms with van der Waals surface area (Å²) in [5.41, 5.74) is 1.04. The second-order valence-electron chi connectivity index (χ2n) is 5.14. The van der Waals surface area contributed by atoms with Crippen molar-refractivity contribution in [3.8, 4) is 17.2 Å². The highest BCUT2D eigenvalue weighted by Gasteiger charge is 2.32. The van der Waals surface area contributed by atoms with Gasteiger partial charge in [-0.3, -0.25) is 4.79 Å². The Morgan fingerprint density at radius 1 is 1.05 bits per heavy atom. The largest absolute Gasteiger partial charge is 0.502 e. The van der Waals surface area contributed by atoms with Gasteiger partial charge in [0.1, 0.15) is 0 Å². The third-order valence-electron chi connectivity index (χ3n) is 4.07. The quantitative estimate of drug-likeness (QED) is 0.712. The zero-order chi connectivity index (χ0) is 15.4. The minimum Gasteiger partial charge on any atom is -0.502 e. The lowest BCUT2D eigenvalue weighted by molar-refractivity contribution is 0.102. The topological polar surface area (TPSA) is 67.8 Å². The molecule has 5 heteroatoms. The van der Waals surface area contributed by atoms with Gasteiger partial charge in [0.2, 0.25) is 5.75 Å². The third kappa shape index (κ3) is 1.40. The van der Waals surface area contributed by atoms with Crippen LogP contribution in [0, 0.1) is 0 Å². The Labute approximate surface area is 126 Å². The summed E-state index contributed by atoms with van der Waals surface area (Å²) in [6, 6.07) is 9.65. The summed E-state index contributed by atoms with van der Waals surface area (Å²) in [6.45, 7) is 0. The number of fused-ring (bicyclic) bond motifs is 2. The van der Waals surface area contributed by atoms with Crippen molar-refractivity contribution in [2.75, 3.05) is 19.5 Å². The molecular weight excluding hydrogens is 282 g/mol. The predicted molar refractivity (Wildman–Crippen MR) is 84.2 cm³/mol. The fourth-order valence-corrected chi connectivity index (χ4v) is 3.19. The van der Waals surface area contributed by atoms with Gasteiger partial charge < -0.3 is 19.9 Å². The number of methoxy groups -OCH3 is 2. The van der Waals surface area contributed by atoms with Crippen molar-refractivity contribution >= 4 is 33.1 Å². The fourth-order valence-electron chi connectivity index (χ4n) is 3.19. The standard InChI is InChI=1S/C17H13NO4/c1-21-15-11-9-6-4-3-5-8(9)7-10-12(11)13(17(20)18-10)16(22-2)14(15)19/h3-7,19H,1-2H3,(H,18,20). The molecule has 0 saturated carbocycles. The Kier molecular flexibility index (Phi) is 2.48. The number of benzene rings is 3. The molecule has 0 fully saturated rings. The number of amides is 1. The zero-order valence-electron chi connectivity index (χ0n) is 12.1. The molecule has 0 saturated heterocycles. The summed E-state index contributed by atoms with van der Waals surface area (Å²) < 4.78 is 10.7. The first-order valence-corrected chi connectivity index (χ1v) is 6.81. The van der Waals surface area contributed by atoms with Gasteiger partial charge in [0.15, 0.2) is 11.5 Å². The lowest BCUT2D eigenvalue weighted by Crippen LogP contribution is -2.06. The van der Waals surface area contributed by atoms with Crippen molar-refractivity contribution in [1.29, 1.82) is 0 Å². The fraction of sp³-hybridized carbons (Fsp3) is 0.118. The molecule has 0 unspecified atom stereocenters. The van der Waals surface area contributed by atoms with E-state index in [9.17, 15) is 9.90 Å². The van der Waals surface area contributed by atoms with Crippen molar-refractivity contribution in [2.24, 2.45) is 0 Å². The Hall–Kier alpha value is -2.95. The van der Waals surface area contributed by atoms with Crippen LogP contribution in [-0.4, -0.2) is 25.2 Å². The van der Waals surface area contributed by atoms with Gasteiger partial charge in [-0.1, -0.05) is 24.3 Å². The molecular formula is C17H13NO4. The molecule has 3 aromatic rings. The Balaban J connectivity index is 2.36. The number of nitrogens with one attached hydrogen (secondary N) is 1. The molecule has 0 atom stereocenters. The Morgan fingerprint density at radius 2 is 1.77 bits per heavy atom. The number of aromatic hydroxyl groups is 1. The van der Waals surface area contributed by atoms with E-state index in [1.165, 1.54) is 14.2 Å². The monoisotopic (exact) mass is 295 g/mol. The molecule has 2 N–H and O–H groups in total. The number of anilines is 1. The van der Waals surface area contributed by atoms with E-state index < -0.39 is 0 Å². The molecule has 0 radical (unpaired) electrons. The molecule has 0 aromatic heterocycles. The molecule has 0 aliphatic carbocycles. The van der Waals surface area contributed by atoms with Crippen LogP contribution in [0.15, 0.2) is 30.3 Å². The van der Waals surface area contributed by atoms with E-state index in [1.54, 1.807) is 0 Å². The molecule has 1 heterocycles. The molecule has 4 rings (SSSR count). The average Bonchev–Trinajstić information content (AvgIpc) is 2.84. The number of ether oxygens (including phenoxy) is 2. The van der Waals surface area contributed by atoms with Crippen LogP contribution in [0.3, 0.4) is 0 Å². The molecule has 5 nitrogen and oxygen atoms in total. The van der Waals surface area contributed by atoms with Crippen molar-refractivity contribution in [3.63, 3.8) is 0 Å². The maximum absolute atomic E-state index is 12.3. The summed E-state index contributed by atoms with van der Waals surface area (Å²) in [7, 11) is 2.91. The number of carbonyl (C=O) groups is 1. The highest BCUT2D eigenvalue weighted by molar-refractivity contribution is 6.32. The normalized spacial score (nSPS) is 12.7. The van der Waals surface area contributed by atoms with E-state index in [-0.39, 0.29) is 17.4 Å². The van der Waals surface area contributed by atoms with Crippen LogP contribution < -0.4 is 14.8 Å². The van der Waals surface area contributed by atoms with Crippen molar-refractivity contribution in [1.82, 2.24) is 0 Å². The summed E-state index contributed by atoms with van der Waals surface area (Å²) in [4.78, 5) is 12.3. The Morgan fingerprint density at radius 3 is 2.50 bits per heavy atom. The lowest BCUT2D eigenvalue weighted by Gasteiger charge is -2.15.